The molecule has 6 heteroatoms. The molecule has 6 aromatic carbocycles. The van der Waals surface area contributed by atoms with Gasteiger partial charge in [0.25, 0.3) is 0 Å². The number of aliphatic hydroxyl groups is 2. The number of fused-ring (bicyclic) bond motifs is 1. The summed E-state index contributed by atoms with van der Waals surface area (Å²) in [5.41, 5.74) is 3.99. The van der Waals surface area contributed by atoms with Crippen LogP contribution in [0.4, 0.5) is 0 Å². The summed E-state index contributed by atoms with van der Waals surface area (Å²) in [5, 5.41) is 29.9. The molecule has 2 N–H and O–H groups in total. The van der Waals surface area contributed by atoms with E-state index in [9.17, 15) is 10.2 Å². The second-order valence-corrected chi connectivity index (χ2v) is 14.6. The summed E-state index contributed by atoms with van der Waals surface area (Å²) in [5.74, 6) is -1.78. The Morgan fingerprint density at radius 2 is 0.542 bits per heavy atom. The molecule has 0 aromatic heterocycles. The number of halogens is 4. The van der Waals surface area contributed by atoms with Crippen LogP contribution in [0.15, 0.2) is 146 Å². The predicted octanol–water partition coefficient (Wildman–Crippen LogP) is 11.0. The van der Waals surface area contributed by atoms with Crippen molar-refractivity contribution in [2.75, 3.05) is 0 Å². The fourth-order valence-electron chi connectivity index (χ4n) is 8.60. The first-order chi connectivity index (χ1) is 23.2. The van der Waals surface area contributed by atoms with Crippen molar-refractivity contribution >= 4 is 46.4 Å². The first-order valence-corrected chi connectivity index (χ1v) is 17.4. The highest BCUT2D eigenvalue weighted by molar-refractivity contribution is 6.31. The minimum atomic E-state index is -1.61. The lowest BCUT2D eigenvalue weighted by atomic mass is 9.45. The van der Waals surface area contributed by atoms with Gasteiger partial charge in [0.15, 0.2) is 0 Å². The van der Waals surface area contributed by atoms with Gasteiger partial charge in [0.1, 0.15) is 11.2 Å². The second kappa shape index (κ2) is 12.1. The molecule has 3 aliphatic rings. The minimum Gasteiger partial charge on any atom is -0.380 e. The van der Waals surface area contributed by atoms with Crippen LogP contribution in [-0.4, -0.2) is 10.2 Å². The molecule has 0 saturated carbocycles. The summed E-state index contributed by atoms with van der Waals surface area (Å²) in [6.45, 7) is 0. The summed E-state index contributed by atoms with van der Waals surface area (Å²) in [7, 11) is 0. The van der Waals surface area contributed by atoms with Gasteiger partial charge in [-0.1, -0.05) is 143 Å². The largest absolute Gasteiger partial charge is 0.380 e. The molecule has 0 saturated heterocycles. The third-order valence-corrected chi connectivity index (χ3v) is 11.5. The molecule has 2 atom stereocenters. The van der Waals surface area contributed by atoms with Crippen molar-refractivity contribution in [2.24, 2.45) is 11.8 Å². The van der Waals surface area contributed by atoms with Gasteiger partial charge in [-0.25, -0.2) is 0 Å². The predicted molar refractivity (Wildman–Crippen MR) is 195 cm³/mol. The quantitative estimate of drug-likeness (QED) is 0.181. The Morgan fingerprint density at radius 1 is 0.333 bits per heavy atom. The summed E-state index contributed by atoms with van der Waals surface area (Å²) in [6.07, 6.45) is 0. The highest BCUT2D eigenvalue weighted by Gasteiger charge is 2.64. The van der Waals surface area contributed by atoms with Crippen LogP contribution < -0.4 is 0 Å². The molecule has 0 aliphatic heterocycles. The molecular formula is C42H30Cl4O2. The van der Waals surface area contributed by atoms with Crippen LogP contribution in [0.2, 0.25) is 20.1 Å². The van der Waals surface area contributed by atoms with Gasteiger partial charge in [-0.05, 0) is 93.0 Å². The molecule has 0 heterocycles. The van der Waals surface area contributed by atoms with E-state index in [1.54, 1.807) is 48.5 Å². The van der Waals surface area contributed by atoms with E-state index in [0.29, 0.717) is 42.3 Å². The molecule has 0 spiro atoms. The number of hydrogen-bond donors (Lipinski definition) is 2. The average Bonchev–Trinajstić information content (AvgIpc) is 3.12. The zero-order chi connectivity index (χ0) is 33.2. The lowest BCUT2D eigenvalue weighted by Crippen LogP contribution is -2.58. The SMILES string of the molecule is OC(c1ccc(Cl)cc1)(c1ccc(Cl)cc1)[C@H]1C2c3ccccc3C(c3ccccc32)[C@@H]1C(O)(c1ccc(Cl)cc1)c1ccc(Cl)cc1. The van der Waals surface area contributed by atoms with Crippen molar-refractivity contribution in [3.63, 3.8) is 0 Å². The van der Waals surface area contributed by atoms with Crippen molar-refractivity contribution in [1.29, 1.82) is 0 Å². The average molecular weight is 709 g/mol. The van der Waals surface area contributed by atoms with Crippen molar-refractivity contribution < 1.29 is 10.2 Å². The van der Waals surface area contributed by atoms with Crippen molar-refractivity contribution in [3.8, 4) is 0 Å². The molecule has 2 bridgehead atoms. The normalized spacial score (nSPS) is 19.9. The Kier molecular flexibility index (Phi) is 7.96. The third kappa shape index (κ3) is 4.85. The Hall–Kier alpha value is -3.60. The maximum Gasteiger partial charge on any atom is 0.119 e. The van der Waals surface area contributed by atoms with Crippen LogP contribution in [0, 0.1) is 11.8 Å². The van der Waals surface area contributed by atoms with Crippen LogP contribution in [0.3, 0.4) is 0 Å². The van der Waals surface area contributed by atoms with E-state index < -0.39 is 23.0 Å². The van der Waals surface area contributed by atoms with Crippen molar-refractivity contribution in [2.45, 2.75) is 23.0 Å². The van der Waals surface area contributed by atoms with Gasteiger partial charge < -0.3 is 10.2 Å². The maximum absolute atomic E-state index is 13.8. The number of benzene rings is 6. The maximum atomic E-state index is 13.8. The van der Waals surface area contributed by atoms with Crippen molar-refractivity contribution in [1.82, 2.24) is 0 Å². The minimum absolute atomic E-state index is 0.296. The van der Waals surface area contributed by atoms with Crippen LogP contribution in [0.25, 0.3) is 0 Å². The highest BCUT2D eigenvalue weighted by Crippen LogP contribution is 2.68. The van der Waals surface area contributed by atoms with E-state index in [4.69, 9.17) is 46.4 Å². The van der Waals surface area contributed by atoms with Gasteiger partial charge in [0, 0.05) is 43.8 Å². The summed E-state index contributed by atoms with van der Waals surface area (Å²) >= 11 is 25.7. The lowest BCUT2D eigenvalue weighted by Gasteiger charge is -2.60. The fourth-order valence-corrected chi connectivity index (χ4v) is 9.10. The van der Waals surface area contributed by atoms with E-state index in [-0.39, 0.29) is 11.8 Å². The summed E-state index contributed by atoms with van der Waals surface area (Å²) in [6, 6.07) is 46.4. The second-order valence-electron chi connectivity index (χ2n) is 12.8. The zero-order valence-corrected chi connectivity index (χ0v) is 28.6. The lowest BCUT2D eigenvalue weighted by molar-refractivity contribution is -0.105. The summed E-state index contributed by atoms with van der Waals surface area (Å²) in [4.78, 5) is 0. The first-order valence-electron chi connectivity index (χ1n) is 15.9. The Balaban J connectivity index is 1.52. The first kappa shape index (κ1) is 31.7. The van der Waals surface area contributed by atoms with Gasteiger partial charge in [-0.2, -0.15) is 0 Å². The molecule has 9 rings (SSSR count). The zero-order valence-electron chi connectivity index (χ0n) is 25.6. The molecule has 0 unspecified atom stereocenters. The van der Waals surface area contributed by atoms with E-state index in [2.05, 4.69) is 48.5 Å². The standard InChI is InChI=1S/C42H30Cl4O2/c43-29-17-9-25(10-18-29)41(47,26-11-19-30(44)20-12-26)39-37-33-5-1-2-6-34(33)38(36-8-4-3-7-35(36)37)40(39)42(48,27-13-21-31(45)22-14-27)28-15-23-32(46)24-16-28/h1-24,37-40,47-48H/t37?,38?,39-,40-/m0/s1. The number of hydrogen-bond acceptors (Lipinski definition) is 2. The van der Waals surface area contributed by atoms with Gasteiger partial charge in [-0.3, -0.25) is 0 Å². The Labute approximate surface area is 300 Å². The molecule has 0 radical (unpaired) electrons. The van der Waals surface area contributed by atoms with E-state index in [1.165, 1.54) is 0 Å². The van der Waals surface area contributed by atoms with Crippen LogP contribution in [-0.2, 0) is 11.2 Å². The molecule has 0 amide bonds. The van der Waals surface area contributed by atoms with E-state index >= 15 is 0 Å². The molecular weight excluding hydrogens is 678 g/mol. The number of rotatable bonds is 6. The topological polar surface area (TPSA) is 40.5 Å². The summed E-state index contributed by atoms with van der Waals surface area (Å²) < 4.78 is 0. The van der Waals surface area contributed by atoms with Crippen LogP contribution in [0.5, 0.6) is 0 Å². The van der Waals surface area contributed by atoms with Crippen molar-refractivity contribution in [3.05, 3.63) is 210 Å². The molecule has 3 aliphatic carbocycles. The molecule has 2 nitrogen and oxygen atoms in total. The Morgan fingerprint density at radius 3 is 0.750 bits per heavy atom. The smallest absolute Gasteiger partial charge is 0.119 e. The Bertz CT molecular complexity index is 1820. The van der Waals surface area contributed by atoms with Gasteiger partial charge in [-0.15, -0.1) is 0 Å². The van der Waals surface area contributed by atoms with Gasteiger partial charge >= 0.3 is 0 Å². The monoisotopic (exact) mass is 706 g/mol. The third-order valence-electron chi connectivity index (χ3n) is 10.5. The molecule has 238 valence electrons. The van der Waals surface area contributed by atoms with E-state index in [1.807, 2.05) is 48.5 Å². The van der Waals surface area contributed by atoms with Gasteiger partial charge in [0.05, 0.1) is 0 Å². The highest BCUT2D eigenvalue weighted by atomic mass is 35.5. The molecule has 0 fully saturated rings. The van der Waals surface area contributed by atoms with E-state index in [0.717, 1.165) is 22.3 Å². The van der Waals surface area contributed by atoms with Crippen LogP contribution >= 0.6 is 46.4 Å². The molecule has 48 heavy (non-hydrogen) atoms. The van der Waals surface area contributed by atoms with Crippen LogP contribution in [0.1, 0.15) is 56.3 Å². The fraction of sp³-hybridized carbons (Fsp3) is 0.143. The molecule has 6 aromatic rings. The van der Waals surface area contributed by atoms with Gasteiger partial charge in [0.2, 0.25) is 0 Å².